The minimum Gasteiger partial charge on any atom is -0.490 e. The van der Waals surface area contributed by atoms with E-state index >= 15 is 0 Å². The van der Waals surface area contributed by atoms with Gasteiger partial charge in [-0.05, 0) is 37.5 Å². The van der Waals surface area contributed by atoms with Gasteiger partial charge in [-0.2, -0.15) is 13.2 Å². The van der Waals surface area contributed by atoms with Gasteiger partial charge in [0.1, 0.15) is 11.6 Å². The molecule has 0 aliphatic heterocycles. The molecular weight excluding hydrogens is 245 g/mol. The van der Waals surface area contributed by atoms with Crippen LogP contribution >= 0.6 is 0 Å². The summed E-state index contributed by atoms with van der Waals surface area (Å²) in [4.78, 5) is 0. The predicted molar refractivity (Wildman–Crippen MR) is 60.7 cm³/mol. The molecule has 0 saturated heterocycles. The first-order valence-corrected chi connectivity index (χ1v) is 5.60. The van der Waals surface area contributed by atoms with Gasteiger partial charge in [0, 0.05) is 0 Å². The zero-order valence-electron chi connectivity index (χ0n) is 9.55. The van der Waals surface area contributed by atoms with Crippen LogP contribution in [0.15, 0.2) is 18.2 Å². The van der Waals surface area contributed by atoms with Crippen LogP contribution in [0.4, 0.5) is 13.2 Å². The minimum absolute atomic E-state index is 0.00303. The molecule has 18 heavy (non-hydrogen) atoms. The van der Waals surface area contributed by atoms with Gasteiger partial charge in [-0.1, -0.05) is 0 Å². The fourth-order valence-electron chi connectivity index (χ4n) is 1.69. The van der Waals surface area contributed by atoms with E-state index in [2.05, 4.69) is 0 Å². The number of halogens is 3. The van der Waals surface area contributed by atoms with E-state index in [0.717, 1.165) is 31.4 Å². The molecular formula is C12H13F3N2O. The number of hydrogen-bond donors (Lipinski definition) is 2. The number of nitrogen functional groups attached to an aromatic ring is 1. The average molecular weight is 258 g/mol. The van der Waals surface area contributed by atoms with Crippen molar-refractivity contribution < 1.29 is 17.9 Å². The topological polar surface area (TPSA) is 59.1 Å². The maximum atomic E-state index is 12.6. The van der Waals surface area contributed by atoms with Gasteiger partial charge in [0.25, 0.3) is 0 Å². The molecule has 1 aromatic carbocycles. The van der Waals surface area contributed by atoms with Crippen molar-refractivity contribution >= 4 is 5.84 Å². The Bertz CT molecular complexity index is 467. The van der Waals surface area contributed by atoms with E-state index in [0.29, 0.717) is 0 Å². The van der Waals surface area contributed by atoms with Crippen molar-refractivity contribution in [1.82, 2.24) is 0 Å². The van der Waals surface area contributed by atoms with Crippen LogP contribution < -0.4 is 10.5 Å². The third-order valence-corrected chi connectivity index (χ3v) is 2.94. The zero-order chi connectivity index (χ0) is 13.3. The first-order valence-electron chi connectivity index (χ1n) is 5.60. The lowest BCUT2D eigenvalue weighted by Gasteiger charge is -2.27. The number of amidine groups is 1. The largest absolute Gasteiger partial charge is 0.490 e. The number of nitrogens with two attached hydrogens (primary N) is 1. The second-order valence-corrected chi connectivity index (χ2v) is 4.29. The van der Waals surface area contributed by atoms with Crippen molar-refractivity contribution in [2.45, 2.75) is 31.5 Å². The quantitative estimate of drug-likeness (QED) is 0.647. The van der Waals surface area contributed by atoms with Gasteiger partial charge >= 0.3 is 6.18 Å². The molecule has 3 N–H and O–H groups in total. The lowest BCUT2D eigenvalue weighted by molar-refractivity contribution is -0.137. The summed E-state index contributed by atoms with van der Waals surface area (Å²) in [6.45, 7) is 0. The van der Waals surface area contributed by atoms with Gasteiger partial charge < -0.3 is 10.5 Å². The second kappa shape index (κ2) is 4.51. The molecule has 1 aromatic rings. The highest BCUT2D eigenvalue weighted by molar-refractivity contribution is 5.97. The van der Waals surface area contributed by atoms with E-state index in [1.165, 1.54) is 6.07 Å². The third-order valence-electron chi connectivity index (χ3n) is 2.94. The number of nitrogens with one attached hydrogen (secondary N) is 1. The Morgan fingerprint density at radius 1 is 1.33 bits per heavy atom. The van der Waals surface area contributed by atoms with E-state index < -0.39 is 17.6 Å². The number of alkyl halides is 3. The van der Waals surface area contributed by atoms with Crippen molar-refractivity contribution in [1.29, 1.82) is 5.41 Å². The highest BCUT2D eigenvalue weighted by Crippen LogP contribution is 2.34. The third kappa shape index (κ3) is 2.57. The van der Waals surface area contributed by atoms with E-state index in [1.807, 2.05) is 0 Å². The highest BCUT2D eigenvalue weighted by Gasteiger charge is 2.32. The van der Waals surface area contributed by atoms with Crippen molar-refractivity contribution in [2.24, 2.45) is 5.73 Å². The summed E-state index contributed by atoms with van der Waals surface area (Å²) in [6, 6.07) is 3.04. The van der Waals surface area contributed by atoms with Crippen molar-refractivity contribution in [3.63, 3.8) is 0 Å². The molecule has 2 rings (SSSR count). The summed E-state index contributed by atoms with van der Waals surface area (Å²) in [5, 5.41) is 7.33. The molecule has 0 heterocycles. The van der Waals surface area contributed by atoms with E-state index in [4.69, 9.17) is 15.9 Å². The van der Waals surface area contributed by atoms with Crippen molar-refractivity contribution in [3.8, 4) is 5.75 Å². The Labute approximate surface area is 102 Å². The Morgan fingerprint density at radius 2 is 2.00 bits per heavy atom. The van der Waals surface area contributed by atoms with Crippen LogP contribution in [-0.4, -0.2) is 11.9 Å². The molecule has 1 aliphatic carbocycles. The molecule has 6 heteroatoms. The van der Waals surface area contributed by atoms with Crippen LogP contribution in [0.2, 0.25) is 0 Å². The fraction of sp³-hybridized carbons (Fsp3) is 0.417. The number of rotatable bonds is 3. The molecule has 0 bridgehead atoms. The van der Waals surface area contributed by atoms with Gasteiger partial charge in [0.05, 0.1) is 17.2 Å². The van der Waals surface area contributed by atoms with E-state index in [-0.39, 0.29) is 17.4 Å². The normalized spacial score (nSPS) is 16.2. The molecule has 1 saturated carbocycles. The summed E-state index contributed by atoms with van der Waals surface area (Å²) in [7, 11) is 0. The average Bonchev–Trinajstić information content (AvgIpc) is 2.21. The lowest BCUT2D eigenvalue weighted by Crippen LogP contribution is -2.26. The number of hydrogen-bond acceptors (Lipinski definition) is 2. The summed E-state index contributed by atoms with van der Waals surface area (Å²) < 4.78 is 43.2. The zero-order valence-corrected chi connectivity index (χ0v) is 9.55. The molecule has 0 unspecified atom stereocenters. The second-order valence-electron chi connectivity index (χ2n) is 4.29. The Hall–Kier alpha value is -1.72. The molecule has 98 valence electrons. The molecule has 0 atom stereocenters. The maximum absolute atomic E-state index is 12.6. The lowest BCUT2D eigenvalue weighted by atomic mass is 9.96. The van der Waals surface area contributed by atoms with E-state index in [9.17, 15) is 13.2 Å². The summed E-state index contributed by atoms with van der Waals surface area (Å²) >= 11 is 0. The molecule has 1 aliphatic rings. The minimum atomic E-state index is -4.45. The standard InChI is InChI=1S/C12H13F3N2O/c13-12(14,15)7-4-5-10(9(6-7)11(16)17)18-8-2-1-3-8/h4-6,8H,1-3H2,(H3,16,17). The van der Waals surface area contributed by atoms with Gasteiger partial charge in [-0.3, -0.25) is 5.41 Å². The molecule has 0 spiro atoms. The van der Waals surface area contributed by atoms with Gasteiger partial charge in [0.2, 0.25) is 0 Å². The molecule has 1 fully saturated rings. The highest BCUT2D eigenvalue weighted by atomic mass is 19.4. The Morgan fingerprint density at radius 3 is 2.44 bits per heavy atom. The first kappa shape index (κ1) is 12.7. The maximum Gasteiger partial charge on any atom is 0.416 e. The molecule has 0 radical (unpaired) electrons. The summed E-state index contributed by atoms with van der Waals surface area (Å²) in [5.74, 6) is -0.171. The number of benzene rings is 1. The summed E-state index contributed by atoms with van der Waals surface area (Å²) in [6.07, 6.45) is -1.59. The first-order chi connectivity index (χ1) is 8.38. The van der Waals surface area contributed by atoms with Crippen LogP contribution in [-0.2, 0) is 6.18 Å². The van der Waals surface area contributed by atoms with Crippen LogP contribution in [0.5, 0.6) is 5.75 Å². The van der Waals surface area contributed by atoms with Gasteiger partial charge in [-0.25, -0.2) is 0 Å². The van der Waals surface area contributed by atoms with Crippen molar-refractivity contribution in [3.05, 3.63) is 29.3 Å². The Kier molecular flexibility index (Phi) is 3.19. The molecule has 0 amide bonds. The monoisotopic (exact) mass is 258 g/mol. The number of ether oxygens (including phenoxy) is 1. The van der Waals surface area contributed by atoms with Crippen LogP contribution in [0.1, 0.15) is 30.4 Å². The molecule has 3 nitrogen and oxygen atoms in total. The van der Waals surface area contributed by atoms with Gasteiger partial charge in [0.15, 0.2) is 0 Å². The SMILES string of the molecule is N=C(N)c1cc(C(F)(F)F)ccc1OC1CCC1. The fourth-order valence-corrected chi connectivity index (χ4v) is 1.69. The van der Waals surface area contributed by atoms with E-state index in [1.54, 1.807) is 0 Å². The predicted octanol–water partition coefficient (Wildman–Crippen LogP) is 2.92. The van der Waals surface area contributed by atoms with Crippen LogP contribution in [0.25, 0.3) is 0 Å². The van der Waals surface area contributed by atoms with Crippen LogP contribution in [0.3, 0.4) is 0 Å². The smallest absolute Gasteiger partial charge is 0.416 e. The van der Waals surface area contributed by atoms with Gasteiger partial charge in [-0.15, -0.1) is 0 Å². The van der Waals surface area contributed by atoms with Crippen molar-refractivity contribution in [2.75, 3.05) is 0 Å². The van der Waals surface area contributed by atoms with Crippen LogP contribution in [0, 0.1) is 5.41 Å². The Balaban J connectivity index is 2.31. The summed E-state index contributed by atoms with van der Waals surface area (Å²) in [5.41, 5.74) is 4.47. The molecule has 0 aromatic heterocycles.